The molecule has 4 atom stereocenters. The van der Waals surface area contributed by atoms with E-state index in [9.17, 15) is 15.0 Å². The van der Waals surface area contributed by atoms with Crippen molar-refractivity contribution in [2.75, 3.05) is 6.61 Å². The minimum Gasteiger partial charge on any atom is -0.394 e. The highest BCUT2D eigenvalue weighted by Gasteiger charge is 2.35. The van der Waals surface area contributed by atoms with E-state index in [0.29, 0.717) is 18.6 Å². The van der Waals surface area contributed by atoms with Gasteiger partial charge >= 0.3 is 0 Å². The first-order valence-corrected chi connectivity index (χ1v) is 19.0. The molecule has 0 radical (unpaired) electrons. The summed E-state index contributed by atoms with van der Waals surface area (Å²) < 4.78 is 5.76. The van der Waals surface area contributed by atoms with Gasteiger partial charge in [-0.3, -0.25) is 4.79 Å². The Morgan fingerprint density at radius 3 is 1.73 bits per heavy atom. The lowest BCUT2D eigenvalue weighted by Gasteiger charge is -2.19. The van der Waals surface area contributed by atoms with Gasteiger partial charge in [-0.15, -0.1) is 0 Å². The third kappa shape index (κ3) is 26.1. The Labute approximate surface area is 278 Å². The molecule has 1 heterocycles. The third-order valence-corrected chi connectivity index (χ3v) is 8.71. The summed E-state index contributed by atoms with van der Waals surface area (Å²) in [6.45, 7) is 4.23. The molecular weight excluding hydrogens is 558 g/mol. The van der Waals surface area contributed by atoms with E-state index in [1.165, 1.54) is 103 Å². The van der Waals surface area contributed by atoms with Crippen LogP contribution in [-0.4, -0.2) is 47.1 Å². The van der Waals surface area contributed by atoms with Gasteiger partial charge in [0.15, 0.2) is 0 Å². The molecule has 1 rings (SSSR count). The molecule has 45 heavy (non-hydrogen) atoms. The molecule has 1 fully saturated rings. The fourth-order valence-electron chi connectivity index (χ4n) is 5.62. The van der Waals surface area contributed by atoms with Crippen molar-refractivity contribution in [1.82, 2.24) is 5.32 Å². The SMILES string of the molecule is CCCCC/C=C\C/C=C\CC1OC1C/C=C\CCCC(=O)N[C@@H](CO)[C@H](O)/C=C/CCCCCCCCCCCCCCC. The van der Waals surface area contributed by atoms with Crippen LogP contribution in [0, 0.1) is 0 Å². The van der Waals surface area contributed by atoms with Gasteiger partial charge in [-0.05, 0) is 57.8 Å². The number of ether oxygens (including phenoxy) is 1. The van der Waals surface area contributed by atoms with Crippen LogP contribution >= 0.6 is 0 Å². The molecule has 1 saturated heterocycles. The monoisotopic (exact) mass is 630 g/mol. The number of aliphatic hydroxyl groups excluding tert-OH is 2. The molecule has 260 valence electrons. The Balaban J connectivity index is 1.99. The van der Waals surface area contributed by atoms with Crippen LogP contribution in [0.2, 0.25) is 0 Å². The summed E-state index contributed by atoms with van der Waals surface area (Å²) in [6, 6.07) is -0.657. The number of epoxide rings is 1. The van der Waals surface area contributed by atoms with Gasteiger partial charge in [-0.2, -0.15) is 0 Å². The van der Waals surface area contributed by atoms with E-state index >= 15 is 0 Å². The first kappa shape index (κ1) is 41.3. The van der Waals surface area contributed by atoms with Crippen LogP contribution in [0.15, 0.2) is 48.6 Å². The van der Waals surface area contributed by atoms with Gasteiger partial charge in [0.1, 0.15) is 0 Å². The largest absolute Gasteiger partial charge is 0.394 e. The fraction of sp³-hybridized carbons (Fsp3) is 0.775. The zero-order valence-electron chi connectivity index (χ0n) is 29.3. The van der Waals surface area contributed by atoms with E-state index < -0.39 is 12.1 Å². The first-order chi connectivity index (χ1) is 22.1. The van der Waals surface area contributed by atoms with Crippen LogP contribution in [-0.2, 0) is 9.53 Å². The molecule has 0 aromatic rings. The molecule has 0 bridgehead atoms. The summed E-state index contributed by atoms with van der Waals surface area (Å²) in [5.74, 6) is -0.125. The predicted molar refractivity (Wildman–Crippen MR) is 192 cm³/mol. The number of amides is 1. The maximum atomic E-state index is 12.3. The fourth-order valence-corrected chi connectivity index (χ4v) is 5.62. The third-order valence-electron chi connectivity index (χ3n) is 8.71. The number of hydrogen-bond donors (Lipinski definition) is 3. The minimum absolute atomic E-state index is 0.125. The Hall–Kier alpha value is -1.69. The van der Waals surface area contributed by atoms with Gasteiger partial charge in [0.25, 0.3) is 0 Å². The molecule has 5 nitrogen and oxygen atoms in total. The van der Waals surface area contributed by atoms with Crippen molar-refractivity contribution in [3.63, 3.8) is 0 Å². The van der Waals surface area contributed by atoms with Crippen molar-refractivity contribution in [2.45, 2.75) is 192 Å². The molecule has 0 aromatic heterocycles. The highest BCUT2D eigenvalue weighted by atomic mass is 16.6. The molecule has 0 saturated carbocycles. The average molecular weight is 630 g/mol. The Bertz CT molecular complexity index is 789. The van der Waals surface area contributed by atoms with Crippen molar-refractivity contribution in [3.05, 3.63) is 48.6 Å². The Morgan fingerprint density at radius 1 is 0.644 bits per heavy atom. The highest BCUT2D eigenvalue weighted by Crippen LogP contribution is 2.29. The zero-order valence-corrected chi connectivity index (χ0v) is 29.3. The Kier molecular flexibility index (Phi) is 28.4. The van der Waals surface area contributed by atoms with E-state index in [0.717, 1.165) is 44.9 Å². The second-order valence-electron chi connectivity index (χ2n) is 13.0. The number of nitrogens with one attached hydrogen (secondary N) is 1. The number of carbonyl (C=O) groups is 1. The van der Waals surface area contributed by atoms with Crippen LogP contribution in [0.4, 0.5) is 0 Å². The van der Waals surface area contributed by atoms with Gasteiger partial charge < -0.3 is 20.3 Å². The smallest absolute Gasteiger partial charge is 0.220 e. The van der Waals surface area contributed by atoms with Crippen LogP contribution in [0.3, 0.4) is 0 Å². The lowest BCUT2D eigenvalue weighted by atomic mass is 10.0. The topological polar surface area (TPSA) is 82.1 Å². The molecule has 0 aliphatic carbocycles. The van der Waals surface area contributed by atoms with E-state index in [2.05, 4.69) is 55.6 Å². The van der Waals surface area contributed by atoms with Crippen LogP contribution in [0.25, 0.3) is 0 Å². The molecule has 0 aromatic carbocycles. The number of unbranched alkanes of at least 4 members (excludes halogenated alkanes) is 17. The molecule has 1 amide bonds. The van der Waals surface area contributed by atoms with Gasteiger partial charge in [-0.25, -0.2) is 0 Å². The number of hydrogen-bond acceptors (Lipinski definition) is 4. The van der Waals surface area contributed by atoms with Crippen LogP contribution < -0.4 is 5.32 Å². The number of allylic oxidation sites excluding steroid dienone is 5. The van der Waals surface area contributed by atoms with Gasteiger partial charge in [0.2, 0.25) is 5.91 Å². The van der Waals surface area contributed by atoms with E-state index in [1.54, 1.807) is 6.08 Å². The summed E-state index contributed by atoms with van der Waals surface area (Å²) in [5, 5.41) is 22.9. The van der Waals surface area contributed by atoms with Crippen molar-refractivity contribution in [1.29, 1.82) is 0 Å². The normalized spacial score (nSPS) is 18.1. The number of rotatable bonds is 32. The molecule has 2 unspecified atom stereocenters. The van der Waals surface area contributed by atoms with Crippen LogP contribution in [0.5, 0.6) is 0 Å². The van der Waals surface area contributed by atoms with Crippen molar-refractivity contribution in [2.24, 2.45) is 0 Å². The maximum absolute atomic E-state index is 12.3. The zero-order chi connectivity index (χ0) is 32.6. The lowest BCUT2D eigenvalue weighted by Crippen LogP contribution is -2.45. The van der Waals surface area contributed by atoms with Crippen molar-refractivity contribution >= 4 is 5.91 Å². The number of aliphatic hydroxyl groups is 2. The van der Waals surface area contributed by atoms with E-state index in [-0.39, 0.29) is 12.5 Å². The highest BCUT2D eigenvalue weighted by molar-refractivity contribution is 5.76. The predicted octanol–water partition coefficient (Wildman–Crippen LogP) is 10.2. The van der Waals surface area contributed by atoms with E-state index in [1.807, 2.05) is 6.08 Å². The standard InChI is InChI=1S/C40H71NO4/c1-3-5-7-9-11-13-14-15-16-17-18-20-21-23-27-31-37(43)36(35-42)41-40(44)34-30-26-25-29-33-39-38(45-39)32-28-24-22-19-12-10-8-6-4-2/h12,19,24-25,27-29,31,36-39,42-43H,3-11,13-18,20-23,26,30,32-35H2,1-2H3,(H,41,44)/b19-12-,28-24-,29-25-,31-27+/t36-,37+,38?,39?/m0/s1. The van der Waals surface area contributed by atoms with Gasteiger partial charge in [-0.1, -0.05) is 152 Å². The summed E-state index contributed by atoms with van der Waals surface area (Å²) in [4.78, 5) is 12.3. The Morgan fingerprint density at radius 2 is 1.11 bits per heavy atom. The van der Waals surface area contributed by atoms with Gasteiger partial charge in [0.05, 0.1) is 31.0 Å². The summed E-state index contributed by atoms with van der Waals surface area (Å²) in [5.41, 5.74) is 0. The molecule has 5 heteroatoms. The average Bonchev–Trinajstić information content (AvgIpc) is 3.80. The van der Waals surface area contributed by atoms with Gasteiger partial charge in [0, 0.05) is 6.42 Å². The summed E-state index contributed by atoms with van der Waals surface area (Å²) in [7, 11) is 0. The maximum Gasteiger partial charge on any atom is 0.220 e. The molecule has 3 N–H and O–H groups in total. The first-order valence-electron chi connectivity index (χ1n) is 19.0. The summed E-state index contributed by atoms with van der Waals surface area (Å²) in [6.07, 6.45) is 45.1. The second kappa shape index (κ2) is 30.9. The van der Waals surface area contributed by atoms with E-state index in [4.69, 9.17) is 4.74 Å². The second-order valence-corrected chi connectivity index (χ2v) is 13.0. The van der Waals surface area contributed by atoms with Crippen LogP contribution in [0.1, 0.15) is 168 Å². The summed E-state index contributed by atoms with van der Waals surface area (Å²) >= 11 is 0. The molecular formula is C40H71NO4. The van der Waals surface area contributed by atoms with Crippen molar-refractivity contribution < 1.29 is 19.7 Å². The quantitative estimate of drug-likeness (QED) is 0.0393. The molecule has 1 aliphatic rings. The molecule has 0 spiro atoms. The number of carbonyl (C=O) groups excluding carboxylic acids is 1. The van der Waals surface area contributed by atoms with Crippen molar-refractivity contribution in [3.8, 4) is 0 Å². The lowest BCUT2D eigenvalue weighted by molar-refractivity contribution is -0.122. The minimum atomic E-state index is -0.867. The molecule has 1 aliphatic heterocycles.